The number of methoxy groups -OCH3 is 1. The van der Waals surface area contributed by atoms with Gasteiger partial charge in [0, 0.05) is 18.8 Å². The van der Waals surface area contributed by atoms with Crippen LogP contribution in [0.25, 0.3) is 0 Å². The normalized spacial score (nSPS) is 10.4. The number of anilines is 1. The van der Waals surface area contributed by atoms with Crippen molar-refractivity contribution in [1.82, 2.24) is 0 Å². The second-order valence-corrected chi connectivity index (χ2v) is 5.06. The summed E-state index contributed by atoms with van der Waals surface area (Å²) in [5, 5.41) is 0. The lowest BCUT2D eigenvalue weighted by Crippen LogP contribution is -2.28. The van der Waals surface area contributed by atoms with E-state index in [-0.39, 0.29) is 0 Å². The molecule has 0 radical (unpaired) electrons. The smallest absolute Gasteiger partial charge is 0.119 e. The van der Waals surface area contributed by atoms with Gasteiger partial charge in [-0.25, -0.2) is 0 Å². The van der Waals surface area contributed by atoms with Crippen LogP contribution in [0.5, 0.6) is 5.75 Å². The summed E-state index contributed by atoms with van der Waals surface area (Å²) in [6.45, 7) is 2.70. The van der Waals surface area contributed by atoms with Crippen molar-refractivity contribution < 1.29 is 4.74 Å². The third-order valence-corrected chi connectivity index (χ3v) is 3.58. The van der Waals surface area contributed by atoms with Gasteiger partial charge in [0.25, 0.3) is 0 Å². The average Bonchev–Trinajstić information content (AvgIpc) is 2.56. The Balaban J connectivity index is 2.02. The van der Waals surface area contributed by atoms with Gasteiger partial charge < -0.3 is 15.4 Å². The van der Waals surface area contributed by atoms with E-state index in [4.69, 9.17) is 10.5 Å². The highest BCUT2D eigenvalue weighted by molar-refractivity contribution is 5.49. The molecule has 2 aromatic rings. The highest BCUT2D eigenvalue weighted by Crippen LogP contribution is 2.20. The van der Waals surface area contributed by atoms with Crippen molar-refractivity contribution in [2.45, 2.75) is 12.8 Å². The summed E-state index contributed by atoms with van der Waals surface area (Å²) in [7, 11) is 1.69. The molecule has 0 amide bonds. The highest BCUT2D eigenvalue weighted by Gasteiger charge is 2.06. The van der Waals surface area contributed by atoms with Gasteiger partial charge in [0.1, 0.15) is 5.75 Å². The van der Waals surface area contributed by atoms with E-state index in [2.05, 4.69) is 47.4 Å². The van der Waals surface area contributed by atoms with Crippen molar-refractivity contribution in [3.8, 4) is 5.75 Å². The summed E-state index contributed by atoms with van der Waals surface area (Å²) >= 11 is 0. The van der Waals surface area contributed by atoms with E-state index >= 15 is 0 Å². The highest BCUT2D eigenvalue weighted by atomic mass is 16.5. The summed E-state index contributed by atoms with van der Waals surface area (Å²) in [5.41, 5.74) is 8.25. The molecule has 0 atom stereocenters. The fourth-order valence-electron chi connectivity index (χ4n) is 2.35. The van der Waals surface area contributed by atoms with Crippen LogP contribution in [-0.2, 0) is 6.42 Å². The minimum Gasteiger partial charge on any atom is -0.497 e. The van der Waals surface area contributed by atoms with Gasteiger partial charge in [0.05, 0.1) is 7.11 Å². The van der Waals surface area contributed by atoms with Crippen LogP contribution in [0.15, 0.2) is 54.6 Å². The fraction of sp³-hybridized carbons (Fsp3) is 0.333. The van der Waals surface area contributed by atoms with E-state index in [1.54, 1.807) is 7.11 Å². The molecule has 0 saturated heterocycles. The zero-order chi connectivity index (χ0) is 14.9. The number of hydrogen-bond donors (Lipinski definition) is 1. The minimum atomic E-state index is 0.720. The monoisotopic (exact) mass is 284 g/mol. The van der Waals surface area contributed by atoms with E-state index in [1.165, 1.54) is 11.3 Å². The number of rotatable bonds is 8. The summed E-state index contributed by atoms with van der Waals surface area (Å²) in [4.78, 5) is 2.39. The maximum absolute atomic E-state index is 5.66. The molecular formula is C18H24N2O. The largest absolute Gasteiger partial charge is 0.497 e. The number of benzene rings is 2. The molecule has 0 aliphatic rings. The third kappa shape index (κ3) is 4.80. The number of nitrogens with two attached hydrogens (primary N) is 1. The summed E-state index contributed by atoms with van der Waals surface area (Å²) in [6.07, 6.45) is 2.04. The van der Waals surface area contributed by atoms with Crippen LogP contribution in [0, 0.1) is 0 Å². The first-order valence-electron chi connectivity index (χ1n) is 7.46. The van der Waals surface area contributed by atoms with Crippen LogP contribution in [-0.4, -0.2) is 26.7 Å². The van der Waals surface area contributed by atoms with E-state index in [1.807, 2.05) is 12.1 Å². The molecule has 2 aromatic carbocycles. The maximum Gasteiger partial charge on any atom is 0.119 e. The molecule has 0 saturated carbocycles. The Kier molecular flexibility index (Phi) is 6.10. The van der Waals surface area contributed by atoms with E-state index in [0.717, 1.165) is 38.2 Å². The zero-order valence-corrected chi connectivity index (χ0v) is 12.7. The quantitative estimate of drug-likeness (QED) is 0.809. The molecule has 112 valence electrons. The molecule has 0 aliphatic carbocycles. The summed E-state index contributed by atoms with van der Waals surface area (Å²) < 4.78 is 5.22. The number of ether oxygens (including phenoxy) is 1. The van der Waals surface area contributed by atoms with Gasteiger partial charge in [0.2, 0.25) is 0 Å². The molecule has 21 heavy (non-hydrogen) atoms. The van der Waals surface area contributed by atoms with Gasteiger partial charge in [-0.3, -0.25) is 0 Å². The van der Waals surface area contributed by atoms with Gasteiger partial charge in [-0.2, -0.15) is 0 Å². The molecule has 0 aliphatic heterocycles. The van der Waals surface area contributed by atoms with E-state index in [9.17, 15) is 0 Å². The van der Waals surface area contributed by atoms with Gasteiger partial charge >= 0.3 is 0 Å². The van der Waals surface area contributed by atoms with Crippen LogP contribution in [0.3, 0.4) is 0 Å². The molecule has 0 heterocycles. The Bertz CT molecular complexity index is 511. The zero-order valence-electron chi connectivity index (χ0n) is 12.7. The van der Waals surface area contributed by atoms with Gasteiger partial charge in [-0.15, -0.1) is 0 Å². The second-order valence-electron chi connectivity index (χ2n) is 5.06. The number of nitrogens with zero attached hydrogens (tertiary/aromatic N) is 1. The van der Waals surface area contributed by atoms with Crippen molar-refractivity contribution in [2.75, 3.05) is 31.6 Å². The molecule has 0 aromatic heterocycles. The van der Waals surface area contributed by atoms with E-state index < -0.39 is 0 Å². The molecular weight excluding hydrogens is 260 g/mol. The van der Waals surface area contributed by atoms with Crippen LogP contribution in [0.1, 0.15) is 12.0 Å². The first kappa shape index (κ1) is 15.4. The van der Waals surface area contributed by atoms with Gasteiger partial charge in [-0.05, 0) is 49.2 Å². The van der Waals surface area contributed by atoms with Crippen molar-refractivity contribution in [3.05, 3.63) is 60.2 Å². The molecule has 2 N–H and O–H groups in total. The molecule has 0 bridgehead atoms. The summed E-state index contributed by atoms with van der Waals surface area (Å²) in [6, 6.07) is 18.8. The average molecular weight is 284 g/mol. The molecule has 2 rings (SSSR count). The van der Waals surface area contributed by atoms with Crippen LogP contribution >= 0.6 is 0 Å². The standard InChI is InChI=1S/C18H24N2O/c1-21-18-10-8-17(9-11-18)20(14-5-13-19)15-12-16-6-3-2-4-7-16/h2-4,6-11H,5,12-15,19H2,1H3. The minimum absolute atomic E-state index is 0.720. The number of hydrogen-bond acceptors (Lipinski definition) is 3. The lowest BCUT2D eigenvalue weighted by atomic mass is 10.1. The van der Waals surface area contributed by atoms with Crippen molar-refractivity contribution in [1.29, 1.82) is 0 Å². The first-order chi connectivity index (χ1) is 10.3. The lowest BCUT2D eigenvalue weighted by Gasteiger charge is -2.25. The van der Waals surface area contributed by atoms with Gasteiger partial charge in [-0.1, -0.05) is 30.3 Å². The van der Waals surface area contributed by atoms with Gasteiger partial charge in [0.15, 0.2) is 0 Å². The first-order valence-corrected chi connectivity index (χ1v) is 7.46. The molecule has 3 heteroatoms. The Hall–Kier alpha value is -2.00. The maximum atomic E-state index is 5.66. The Morgan fingerprint density at radius 1 is 0.952 bits per heavy atom. The Morgan fingerprint density at radius 2 is 1.67 bits per heavy atom. The third-order valence-electron chi connectivity index (χ3n) is 3.58. The lowest BCUT2D eigenvalue weighted by molar-refractivity contribution is 0.415. The predicted molar refractivity (Wildman–Crippen MR) is 89.0 cm³/mol. The van der Waals surface area contributed by atoms with Crippen molar-refractivity contribution >= 4 is 5.69 Å². The van der Waals surface area contributed by atoms with E-state index in [0.29, 0.717) is 0 Å². The Morgan fingerprint density at radius 3 is 2.29 bits per heavy atom. The predicted octanol–water partition coefficient (Wildman–Crippen LogP) is 3.09. The topological polar surface area (TPSA) is 38.5 Å². The summed E-state index contributed by atoms with van der Waals surface area (Å²) in [5.74, 6) is 0.889. The van der Waals surface area contributed by atoms with Crippen LogP contribution in [0.2, 0.25) is 0 Å². The fourth-order valence-corrected chi connectivity index (χ4v) is 2.35. The Labute approximate surface area is 127 Å². The van der Waals surface area contributed by atoms with Crippen LogP contribution < -0.4 is 15.4 Å². The molecule has 0 spiro atoms. The van der Waals surface area contributed by atoms with Crippen molar-refractivity contribution in [2.24, 2.45) is 5.73 Å². The SMILES string of the molecule is COc1ccc(N(CCCN)CCc2ccccc2)cc1. The van der Waals surface area contributed by atoms with Crippen molar-refractivity contribution in [3.63, 3.8) is 0 Å². The van der Waals surface area contributed by atoms with Crippen LogP contribution in [0.4, 0.5) is 5.69 Å². The molecule has 3 nitrogen and oxygen atoms in total. The molecule has 0 fully saturated rings. The second kappa shape index (κ2) is 8.32. The molecule has 0 unspecified atom stereocenters.